The van der Waals surface area contributed by atoms with Gasteiger partial charge in [0, 0.05) is 8.32 Å². The number of ether oxygens (including phenoxy) is 1. The highest BCUT2D eigenvalue weighted by molar-refractivity contribution is 14.1. The zero-order valence-corrected chi connectivity index (χ0v) is 9.65. The molecule has 0 unspecified atom stereocenters. The quantitative estimate of drug-likeness (QED) is 0.490. The molecule has 0 aliphatic heterocycles. The number of hydrogen-bond donors (Lipinski definition) is 1. The minimum absolute atomic E-state index is 0.111. The van der Waals surface area contributed by atoms with Crippen LogP contribution >= 0.6 is 34.4 Å². The van der Waals surface area contributed by atoms with E-state index in [1.807, 2.05) is 22.6 Å². The third-order valence-electron chi connectivity index (χ3n) is 0.825. The maximum absolute atomic E-state index is 10.9. The molecule has 2 N–H and O–H groups in total. The second kappa shape index (κ2) is 6.36. The van der Waals surface area contributed by atoms with Gasteiger partial charge in [0.05, 0.1) is 6.61 Å². The molecule has 0 aliphatic carbocycles. The Morgan fingerprint density at radius 1 is 1.83 bits per heavy atom. The van der Waals surface area contributed by atoms with Gasteiger partial charge >= 0.3 is 5.97 Å². The first-order chi connectivity index (χ1) is 5.57. The summed E-state index contributed by atoms with van der Waals surface area (Å²) in [6.07, 6.45) is 0. The second-order valence-electron chi connectivity index (χ2n) is 1.77. The monoisotopic (exact) mass is 299 g/mol. The highest BCUT2D eigenvalue weighted by Crippen LogP contribution is 2.21. The van der Waals surface area contributed by atoms with Crippen molar-refractivity contribution in [2.45, 2.75) is 6.92 Å². The highest BCUT2D eigenvalue weighted by atomic mass is 127. The number of nitrogens with two attached hydrogens (primary N) is 1. The highest BCUT2D eigenvalue weighted by Gasteiger charge is 2.04. The molecule has 0 aliphatic rings. The zero-order chi connectivity index (χ0) is 9.56. The molecule has 5 heteroatoms. The van der Waals surface area contributed by atoms with Crippen LogP contribution in [0, 0.1) is 0 Å². The molecular formula is C7H10INO2S. The largest absolute Gasteiger partial charge is 0.461 e. The van der Waals surface area contributed by atoms with E-state index >= 15 is 0 Å². The molecule has 0 amide bonds. The van der Waals surface area contributed by atoms with Gasteiger partial charge in [-0.3, -0.25) is 0 Å². The minimum Gasteiger partial charge on any atom is -0.461 e. The summed E-state index contributed by atoms with van der Waals surface area (Å²) in [4.78, 5) is 10.9. The van der Waals surface area contributed by atoms with Crippen LogP contribution in [-0.4, -0.2) is 12.6 Å². The topological polar surface area (TPSA) is 52.3 Å². The number of hydrogen-bond acceptors (Lipinski definition) is 4. The molecule has 0 atom stereocenters. The van der Waals surface area contributed by atoms with Crippen LogP contribution in [0.5, 0.6) is 0 Å². The first kappa shape index (κ1) is 11.8. The summed E-state index contributed by atoms with van der Waals surface area (Å²) in [6, 6.07) is 0. The fourth-order valence-electron chi connectivity index (χ4n) is 0.390. The van der Waals surface area contributed by atoms with Crippen molar-refractivity contribution in [3.8, 4) is 0 Å². The van der Waals surface area contributed by atoms with Crippen molar-refractivity contribution in [2.75, 3.05) is 6.61 Å². The van der Waals surface area contributed by atoms with E-state index in [4.69, 9.17) is 5.73 Å². The normalized spacial score (nSPS) is 11.0. The lowest BCUT2D eigenvalue weighted by molar-refractivity contribution is -0.138. The van der Waals surface area contributed by atoms with Crippen molar-refractivity contribution in [1.29, 1.82) is 0 Å². The SMILES string of the molecule is C=C(I)S/C=C(\N)C(=O)OCC. The van der Waals surface area contributed by atoms with Crippen LogP contribution in [0.1, 0.15) is 6.92 Å². The molecule has 0 saturated carbocycles. The average Bonchev–Trinajstić information content (AvgIpc) is 2.00. The number of rotatable bonds is 4. The number of halogens is 1. The van der Waals surface area contributed by atoms with Gasteiger partial charge in [-0.2, -0.15) is 0 Å². The fraction of sp³-hybridized carbons (Fsp3) is 0.286. The van der Waals surface area contributed by atoms with E-state index in [-0.39, 0.29) is 5.70 Å². The van der Waals surface area contributed by atoms with Gasteiger partial charge in [0.25, 0.3) is 0 Å². The number of esters is 1. The van der Waals surface area contributed by atoms with Gasteiger partial charge in [-0.1, -0.05) is 18.3 Å². The lowest BCUT2D eigenvalue weighted by Crippen LogP contribution is -2.13. The van der Waals surface area contributed by atoms with Crippen molar-refractivity contribution in [2.24, 2.45) is 5.73 Å². The molecule has 0 heterocycles. The van der Waals surface area contributed by atoms with Gasteiger partial charge < -0.3 is 10.5 Å². The van der Waals surface area contributed by atoms with E-state index in [9.17, 15) is 4.79 Å². The van der Waals surface area contributed by atoms with Crippen LogP contribution in [0.25, 0.3) is 0 Å². The molecule has 0 aromatic heterocycles. The summed E-state index contributed by atoms with van der Waals surface area (Å²) in [5.74, 6) is -0.484. The first-order valence-electron chi connectivity index (χ1n) is 3.21. The molecule has 68 valence electrons. The van der Waals surface area contributed by atoms with Gasteiger partial charge in [0.1, 0.15) is 5.70 Å². The predicted octanol–water partition coefficient (Wildman–Crippen LogP) is 1.99. The maximum Gasteiger partial charge on any atom is 0.354 e. The molecule has 0 bridgehead atoms. The fourth-order valence-corrected chi connectivity index (χ4v) is 1.12. The summed E-state index contributed by atoms with van der Waals surface area (Å²) in [5, 5.41) is 1.52. The summed E-state index contributed by atoms with van der Waals surface area (Å²) in [5.41, 5.74) is 5.48. The predicted molar refractivity (Wildman–Crippen MR) is 59.7 cm³/mol. The molecule has 3 nitrogen and oxygen atoms in total. The van der Waals surface area contributed by atoms with Crippen molar-refractivity contribution in [1.82, 2.24) is 0 Å². The third-order valence-corrected chi connectivity index (χ3v) is 2.22. The van der Waals surface area contributed by atoms with Crippen molar-refractivity contribution in [3.63, 3.8) is 0 Å². The first-order valence-corrected chi connectivity index (χ1v) is 5.17. The molecule has 0 aromatic rings. The average molecular weight is 299 g/mol. The van der Waals surface area contributed by atoms with E-state index in [0.29, 0.717) is 6.61 Å². The Balaban J connectivity index is 3.99. The number of thioether (sulfide) groups is 1. The molecular weight excluding hydrogens is 289 g/mol. The zero-order valence-electron chi connectivity index (χ0n) is 6.67. The molecule has 12 heavy (non-hydrogen) atoms. The number of carbonyl (C=O) groups is 1. The van der Waals surface area contributed by atoms with Crippen LogP contribution in [0.2, 0.25) is 0 Å². The Morgan fingerprint density at radius 3 is 2.83 bits per heavy atom. The van der Waals surface area contributed by atoms with Crippen LogP contribution in [0.3, 0.4) is 0 Å². The second-order valence-corrected chi connectivity index (χ2v) is 4.77. The van der Waals surface area contributed by atoms with Crippen LogP contribution in [0.15, 0.2) is 20.6 Å². The Labute approximate surface area is 89.5 Å². The van der Waals surface area contributed by atoms with Crippen molar-refractivity contribution in [3.05, 3.63) is 20.6 Å². The Morgan fingerprint density at radius 2 is 2.42 bits per heavy atom. The van der Waals surface area contributed by atoms with E-state index in [1.165, 1.54) is 17.2 Å². The smallest absolute Gasteiger partial charge is 0.354 e. The Hall–Kier alpha value is -0.170. The van der Waals surface area contributed by atoms with Gasteiger partial charge in [-0.05, 0) is 29.5 Å². The summed E-state index contributed by atoms with van der Waals surface area (Å²) < 4.78 is 5.51. The van der Waals surface area contributed by atoms with Gasteiger partial charge in [0.15, 0.2) is 0 Å². The van der Waals surface area contributed by atoms with E-state index in [1.54, 1.807) is 6.92 Å². The van der Waals surface area contributed by atoms with Crippen molar-refractivity contribution >= 4 is 40.3 Å². The van der Waals surface area contributed by atoms with E-state index in [2.05, 4.69) is 11.3 Å². The van der Waals surface area contributed by atoms with Crippen molar-refractivity contribution < 1.29 is 9.53 Å². The standard InChI is InChI=1S/C7H10INO2S/c1-3-11-7(10)6(9)4-12-5(2)8/h4H,2-3,9H2,1H3/b6-4-. The van der Waals surface area contributed by atoms with Crippen LogP contribution in [0.4, 0.5) is 0 Å². The molecule has 0 rings (SSSR count). The minimum atomic E-state index is -0.484. The van der Waals surface area contributed by atoms with Gasteiger partial charge in [0.2, 0.25) is 0 Å². The maximum atomic E-state index is 10.9. The number of carbonyl (C=O) groups excluding carboxylic acids is 1. The van der Waals surface area contributed by atoms with Gasteiger partial charge in [-0.15, -0.1) is 0 Å². The lowest BCUT2D eigenvalue weighted by atomic mass is 10.5. The summed E-state index contributed by atoms with van der Waals surface area (Å²) in [6.45, 7) is 5.70. The Bertz CT molecular complexity index is 215. The van der Waals surface area contributed by atoms with E-state index < -0.39 is 5.97 Å². The molecule has 0 fully saturated rings. The molecule has 0 radical (unpaired) electrons. The molecule has 0 saturated heterocycles. The third kappa shape index (κ3) is 5.48. The molecule has 0 aromatic carbocycles. The lowest BCUT2D eigenvalue weighted by Gasteiger charge is -2.00. The van der Waals surface area contributed by atoms with Crippen LogP contribution in [-0.2, 0) is 9.53 Å². The van der Waals surface area contributed by atoms with Crippen LogP contribution < -0.4 is 5.73 Å². The van der Waals surface area contributed by atoms with Gasteiger partial charge in [-0.25, -0.2) is 4.79 Å². The Kier molecular flexibility index (Phi) is 6.27. The summed E-state index contributed by atoms with van der Waals surface area (Å²) >= 11 is 3.33. The van der Waals surface area contributed by atoms with E-state index in [0.717, 1.165) is 2.91 Å². The molecule has 0 spiro atoms. The summed E-state index contributed by atoms with van der Waals surface area (Å²) in [7, 11) is 0.